The Balaban J connectivity index is 1.56. The maximum absolute atomic E-state index is 13.0. The van der Waals surface area contributed by atoms with E-state index < -0.39 is 0 Å². The maximum atomic E-state index is 13.0. The van der Waals surface area contributed by atoms with Gasteiger partial charge in [-0.2, -0.15) is 0 Å². The lowest BCUT2D eigenvalue weighted by Crippen LogP contribution is -2.47. The summed E-state index contributed by atoms with van der Waals surface area (Å²) < 4.78 is 6.26. The van der Waals surface area contributed by atoms with Crippen LogP contribution in [0.1, 0.15) is 65.6 Å². The second-order valence-corrected chi connectivity index (χ2v) is 8.89. The normalized spacial score (nSPS) is 22.8. The lowest BCUT2D eigenvalue weighted by Gasteiger charge is -2.43. The third-order valence-electron chi connectivity index (χ3n) is 6.13. The molecule has 0 bridgehead atoms. The number of rotatable bonds is 1. The molecule has 1 aromatic rings. The Labute approximate surface area is 159 Å². The molecule has 3 aliphatic heterocycles. The van der Waals surface area contributed by atoms with Gasteiger partial charge in [0.15, 0.2) is 0 Å². The van der Waals surface area contributed by atoms with Crippen LogP contribution in [-0.4, -0.2) is 54.4 Å². The highest BCUT2D eigenvalue weighted by Gasteiger charge is 2.43. The van der Waals surface area contributed by atoms with E-state index in [-0.39, 0.29) is 17.4 Å². The van der Waals surface area contributed by atoms with Crippen LogP contribution in [0.5, 0.6) is 0 Å². The molecule has 3 aliphatic rings. The quantitative estimate of drug-likeness (QED) is 0.756. The smallest absolute Gasteiger partial charge is 0.263 e. The Morgan fingerprint density at radius 3 is 2.38 bits per heavy atom. The van der Waals surface area contributed by atoms with Crippen molar-refractivity contribution in [3.63, 3.8) is 0 Å². The van der Waals surface area contributed by atoms with Crippen molar-refractivity contribution in [1.82, 2.24) is 9.80 Å². The lowest BCUT2D eigenvalue weighted by molar-refractivity contribution is -0.138. The molecule has 1 aromatic heterocycles. The van der Waals surface area contributed by atoms with Gasteiger partial charge in [0.25, 0.3) is 5.91 Å². The highest BCUT2D eigenvalue weighted by molar-refractivity contribution is 7.14. The van der Waals surface area contributed by atoms with Crippen molar-refractivity contribution in [3.05, 3.63) is 21.4 Å². The zero-order valence-electron chi connectivity index (χ0n) is 15.6. The molecule has 0 unspecified atom stereocenters. The summed E-state index contributed by atoms with van der Waals surface area (Å²) in [6.07, 6.45) is 7.24. The number of hydrogen-bond donors (Lipinski definition) is 0. The van der Waals surface area contributed by atoms with Gasteiger partial charge in [-0.05, 0) is 37.3 Å². The number of likely N-dealkylation sites (tertiary alicyclic amines) is 2. The van der Waals surface area contributed by atoms with Crippen molar-refractivity contribution in [2.45, 2.75) is 57.5 Å². The van der Waals surface area contributed by atoms with Crippen LogP contribution in [0.2, 0.25) is 0 Å². The Hall–Kier alpha value is -1.40. The van der Waals surface area contributed by atoms with Gasteiger partial charge in [-0.3, -0.25) is 9.59 Å². The van der Waals surface area contributed by atoms with E-state index in [0.29, 0.717) is 6.61 Å². The van der Waals surface area contributed by atoms with Gasteiger partial charge in [-0.15, -0.1) is 11.3 Å². The Bertz CT molecular complexity index is 683. The molecule has 4 rings (SSSR count). The van der Waals surface area contributed by atoms with Crippen LogP contribution in [0.3, 0.4) is 0 Å². The van der Waals surface area contributed by atoms with Crippen molar-refractivity contribution < 1.29 is 14.3 Å². The first-order chi connectivity index (χ1) is 12.6. The van der Waals surface area contributed by atoms with Crippen molar-refractivity contribution in [3.8, 4) is 0 Å². The number of carbonyl (C=O) groups is 2. The summed E-state index contributed by atoms with van der Waals surface area (Å²) in [6, 6.07) is 2.11. The average Bonchev–Trinajstić information content (AvgIpc) is 2.91. The van der Waals surface area contributed by atoms with Gasteiger partial charge in [0.05, 0.1) is 17.1 Å². The molecule has 1 spiro atoms. The van der Waals surface area contributed by atoms with E-state index in [4.69, 9.17) is 4.74 Å². The van der Waals surface area contributed by atoms with Crippen LogP contribution in [-0.2, 0) is 21.6 Å². The molecule has 2 amide bonds. The van der Waals surface area contributed by atoms with Gasteiger partial charge in [-0.1, -0.05) is 12.8 Å². The van der Waals surface area contributed by atoms with E-state index in [1.54, 1.807) is 18.3 Å². The molecule has 0 aliphatic carbocycles. The first-order valence-electron chi connectivity index (χ1n) is 9.91. The van der Waals surface area contributed by atoms with Crippen LogP contribution in [0.15, 0.2) is 6.07 Å². The molecule has 0 radical (unpaired) electrons. The molecule has 142 valence electrons. The van der Waals surface area contributed by atoms with Crippen LogP contribution in [0.4, 0.5) is 0 Å². The average molecular weight is 377 g/mol. The molecular formula is C20H28N2O3S. The number of piperidine rings is 1. The fourth-order valence-corrected chi connectivity index (χ4v) is 5.75. The lowest BCUT2D eigenvalue weighted by atomic mass is 9.82. The predicted molar refractivity (Wildman–Crippen MR) is 102 cm³/mol. The fraction of sp³-hybridized carbons (Fsp3) is 0.700. The number of hydrogen-bond acceptors (Lipinski definition) is 4. The van der Waals surface area contributed by atoms with Crippen LogP contribution < -0.4 is 0 Å². The SMILES string of the molecule is CC(=O)N1CCC2(CC1)OCCc1sc(C(=O)N3CCCCCC3)cc12. The van der Waals surface area contributed by atoms with E-state index in [0.717, 1.165) is 63.2 Å². The summed E-state index contributed by atoms with van der Waals surface area (Å²) in [4.78, 5) is 30.8. The minimum Gasteiger partial charge on any atom is -0.370 e. The fourth-order valence-electron chi connectivity index (χ4n) is 4.55. The molecule has 0 aromatic carbocycles. The summed E-state index contributed by atoms with van der Waals surface area (Å²) in [5.74, 6) is 0.334. The second kappa shape index (κ2) is 7.31. The summed E-state index contributed by atoms with van der Waals surface area (Å²) in [6.45, 7) is 5.59. The second-order valence-electron chi connectivity index (χ2n) is 7.75. The molecule has 2 saturated heterocycles. The molecule has 0 saturated carbocycles. The molecule has 26 heavy (non-hydrogen) atoms. The number of nitrogens with zero attached hydrogens (tertiary/aromatic N) is 2. The van der Waals surface area contributed by atoms with Crippen LogP contribution in [0.25, 0.3) is 0 Å². The minimum atomic E-state index is -0.298. The largest absolute Gasteiger partial charge is 0.370 e. The van der Waals surface area contributed by atoms with E-state index >= 15 is 0 Å². The van der Waals surface area contributed by atoms with Crippen molar-refractivity contribution in [2.24, 2.45) is 0 Å². The van der Waals surface area contributed by atoms with Gasteiger partial charge < -0.3 is 14.5 Å². The van der Waals surface area contributed by atoms with Gasteiger partial charge in [0.1, 0.15) is 0 Å². The zero-order chi connectivity index (χ0) is 18.1. The number of ether oxygens (including phenoxy) is 1. The van der Waals surface area contributed by atoms with Gasteiger partial charge in [0, 0.05) is 44.4 Å². The minimum absolute atomic E-state index is 0.137. The highest BCUT2D eigenvalue weighted by Crippen LogP contribution is 2.44. The van der Waals surface area contributed by atoms with E-state index in [1.807, 2.05) is 9.80 Å². The Morgan fingerprint density at radius 2 is 1.73 bits per heavy atom. The summed E-state index contributed by atoms with van der Waals surface area (Å²) >= 11 is 1.67. The summed E-state index contributed by atoms with van der Waals surface area (Å²) in [5, 5.41) is 0. The summed E-state index contributed by atoms with van der Waals surface area (Å²) in [7, 11) is 0. The van der Waals surface area contributed by atoms with Crippen LogP contribution >= 0.6 is 11.3 Å². The van der Waals surface area contributed by atoms with E-state index in [2.05, 4.69) is 6.07 Å². The first-order valence-corrected chi connectivity index (χ1v) is 10.7. The number of amides is 2. The van der Waals surface area contributed by atoms with Crippen LogP contribution in [0, 0.1) is 0 Å². The number of fused-ring (bicyclic) bond motifs is 2. The predicted octanol–water partition coefficient (Wildman–Crippen LogP) is 3.17. The number of thiophene rings is 1. The number of carbonyl (C=O) groups excluding carboxylic acids is 2. The Morgan fingerprint density at radius 1 is 1.04 bits per heavy atom. The molecular weight excluding hydrogens is 348 g/mol. The zero-order valence-corrected chi connectivity index (χ0v) is 16.4. The third-order valence-corrected chi connectivity index (χ3v) is 7.31. The van der Waals surface area contributed by atoms with Gasteiger partial charge >= 0.3 is 0 Å². The maximum Gasteiger partial charge on any atom is 0.263 e. The topological polar surface area (TPSA) is 49.9 Å². The Kier molecular flexibility index (Phi) is 5.06. The standard InChI is InChI=1S/C20H28N2O3S/c1-15(23)21-11-7-20(8-12-21)16-14-18(26-17(16)6-13-25-20)19(24)22-9-4-2-3-5-10-22/h14H,2-13H2,1H3. The molecule has 6 heteroatoms. The van der Waals surface area contributed by atoms with E-state index in [9.17, 15) is 9.59 Å². The molecule has 2 fully saturated rings. The van der Waals surface area contributed by atoms with Gasteiger partial charge in [-0.25, -0.2) is 0 Å². The molecule has 0 atom stereocenters. The molecule has 5 nitrogen and oxygen atoms in total. The van der Waals surface area contributed by atoms with Crippen molar-refractivity contribution in [2.75, 3.05) is 32.8 Å². The highest BCUT2D eigenvalue weighted by atomic mass is 32.1. The van der Waals surface area contributed by atoms with Gasteiger partial charge in [0.2, 0.25) is 5.91 Å². The van der Waals surface area contributed by atoms with Crippen molar-refractivity contribution >= 4 is 23.2 Å². The van der Waals surface area contributed by atoms with E-state index in [1.165, 1.54) is 23.3 Å². The molecule has 0 N–H and O–H groups in total. The summed E-state index contributed by atoms with van der Waals surface area (Å²) in [5.41, 5.74) is 0.919. The van der Waals surface area contributed by atoms with Crippen molar-refractivity contribution in [1.29, 1.82) is 0 Å². The molecule has 4 heterocycles. The first kappa shape index (κ1) is 18.0. The monoisotopic (exact) mass is 376 g/mol. The third kappa shape index (κ3) is 3.29.